The van der Waals surface area contributed by atoms with Crippen molar-refractivity contribution in [1.82, 2.24) is 4.90 Å². The first-order valence-corrected chi connectivity index (χ1v) is 12.6. The molecule has 176 valence electrons. The predicted octanol–water partition coefficient (Wildman–Crippen LogP) is 5.27. The van der Waals surface area contributed by atoms with Crippen LogP contribution in [-0.2, 0) is 16.2 Å². The Labute approximate surface area is 199 Å². The normalized spacial score (nSPS) is 20.7. The van der Waals surface area contributed by atoms with Crippen molar-refractivity contribution < 1.29 is 24.2 Å². The first kappa shape index (κ1) is 23.5. The number of aliphatic carboxylic acids is 1. The highest BCUT2D eigenvalue weighted by Gasteiger charge is 2.42. The number of benzene rings is 2. The number of carboxylic acid groups (broad SMARTS) is 1. The van der Waals surface area contributed by atoms with Crippen LogP contribution in [0.15, 0.2) is 48.5 Å². The first-order chi connectivity index (χ1) is 16.1. The van der Waals surface area contributed by atoms with Crippen LogP contribution < -0.4 is 9.47 Å². The summed E-state index contributed by atoms with van der Waals surface area (Å²) in [7, 11) is 1.58. The van der Waals surface area contributed by atoms with E-state index in [2.05, 4.69) is 0 Å². The van der Waals surface area contributed by atoms with Gasteiger partial charge in [-0.2, -0.15) is 0 Å². The van der Waals surface area contributed by atoms with Gasteiger partial charge in [0.25, 0.3) is 0 Å². The maximum Gasteiger partial charge on any atom is 0.327 e. The number of ether oxygens (including phenoxy) is 2. The Morgan fingerprint density at radius 3 is 2.55 bits per heavy atom. The van der Waals surface area contributed by atoms with E-state index >= 15 is 0 Å². The number of hydrogen-bond donors (Lipinski definition) is 1. The lowest BCUT2D eigenvalue weighted by Crippen LogP contribution is -2.43. The number of nitrogens with zero attached hydrogens (tertiary/aromatic N) is 1. The molecule has 2 fully saturated rings. The number of carboxylic acids is 1. The summed E-state index contributed by atoms with van der Waals surface area (Å²) in [5.41, 5.74) is 1.90. The zero-order valence-electron chi connectivity index (χ0n) is 18.9. The van der Waals surface area contributed by atoms with Crippen LogP contribution in [0.2, 0.25) is 0 Å². The summed E-state index contributed by atoms with van der Waals surface area (Å²) >= 11 is 1.49. The largest absolute Gasteiger partial charge is 0.493 e. The molecule has 1 N–H and O–H groups in total. The van der Waals surface area contributed by atoms with E-state index in [1.54, 1.807) is 12.0 Å². The molecule has 1 heterocycles. The number of hydrogen-bond acceptors (Lipinski definition) is 5. The Hall–Kier alpha value is -2.67. The van der Waals surface area contributed by atoms with Crippen LogP contribution in [0.3, 0.4) is 0 Å². The molecule has 0 bridgehead atoms. The molecule has 0 radical (unpaired) electrons. The molecule has 1 amide bonds. The average molecular weight is 470 g/mol. The standard InChI is InChI=1S/C26H31NO5S/c1-31-23-15-20(12-13-22(23)32-16-19-9-3-2-4-10-19)25-27(21(17-33-25)26(29)30)24(28)14-11-18-7-5-6-8-18/h2-4,9-10,12-13,15,18,21,25H,5-8,11,14,16-17H2,1H3,(H,29,30). The molecule has 6 nitrogen and oxygen atoms in total. The van der Waals surface area contributed by atoms with E-state index < -0.39 is 12.0 Å². The van der Waals surface area contributed by atoms with Gasteiger partial charge in [0.1, 0.15) is 18.0 Å². The number of methoxy groups -OCH3 is 1. The van der Waals surface area contributed by atoms with E-state index in [0.717, 1.165) is 17.5 Å². The van der Waals surface area contributed by atoms with Gasteiger partial charge in [-0.3, -0.25) is 4.79 Å². The lowest BCUT2D eigenvalue weighted by atomic mass is 10.0. The molecular weight excluding hydrogens is 438 g/mol. The lowest BCUT2D eigenvalue weighted by molar-refractivity contribution is -0.149. The van der Waals surface area contributed by atoms with E-state index in [4.69, 9.17) is 9.47 Å². The topological polar surface area (TPSA) is 76.1 Å². The highest BCUT2D eigenvalue weighted by Crippen LogP contribution is 2.44. The van der Waals surface area contributed by atoms with Crippen LogP contribution in [0.5, 0.6) is 11.5 Å². The fourth-order valence-corrected chi connectivity index (χ4v) is 6.14. The van der Waals surface area contributed by atoms with Gasteiger partial charge in [-0.1, -0.05) is 62.1 Å². The monoisotopic (exact) mass is 469 g/mol. The van der Waals surface area contributed by atoms with Gasteiger partial charge < -0.3 is 19.5 Å². The second-order valence-corrected chi connectivity index (χ2v) is 9.83. The minimum absolute atomic E-state index is 0.0762. The van der Waals surface area contributed by atoms with Crippen molar-refractivity contribution in [2.45, 2.75) is 56.5 Å². The predicted molar refractivity (Wildman–Crippen MR) is 128 cm³/mol. The third-order valence-corrected chi connectivity index (χ3v) is 7.85. The fourth-order valence-electron chi connectivity index (χ4n) is 4.71. The van der Waals surface area contributed by atoms with Crippen LogP contribution in [0.4, 0.5) is 0 Å². The molecule has 4 rings (SSSR count). The molecule has 1 saturated carbocycles. The van der Waals surface area contributed by atoms with Gasteiger partial charge in [-0.25, -0.2) is 4.79 Å². The smallest absolute Gasteiger partial charge is 0.327 e. The van der Waals surface area contributed by atoms with Crippen molar-refractivity contribution in [2.24, 2.45) is 5.92 Å². The van der Waals surface area contributed by atoms with Crippen molar-refractivity contribution in [3.63, 3.8) is 0 Å². The Balaban J connectivity index is 1.49. The van der Waals surface area contributed by atoms with Crippen molar-refractivity contribution in [2.75, 3.05) is 12.9 Å². The summed E-state index contributed by atoms with van der Waals surface area (Å²) in [6.07, 6.45) is 6.06. The molecule has 2 aliphatic rings. The summed E-state index contributed by atoms with van der Waals surface area (Å²) < 4.78 is 11.5. The van der Waals surface area contributed by atoms with Crippen LogP contribution in [0.25, 0.3) is 0 Å². The van der Waals surface area contributed by atoms with E-state index in [1.165, 1.54) is 37.4 Å². The quantitative estimate of drug-likeness (QED) is 0.539. The average Bonchev–Trinajstić information content (AvgIpc) is 3.52. The number of thioether (sulfide) groups is 1. The highest BCUT2D eigenvalue weighted by molar-refractivity contribution is 7.99. The molecule has 2 aromatic carbocycles. The summed E-state index contributed by atoms with van der Waals surface area (Å²) in [6.45, 7) is 0.418. The van der Waals surface area contributed by atoms with Crippen molar-refractivity contribution in [3.05, 3.63) is 59.7 Å². The van der Waals surface area contributed by atoms with Gasteiger partial charge in [0, 0.05) is 12.2 Å². The SMILES string of the molecule is COc1cc(C2SCC(C(=O)O)N2C(=O)CCC2CCCC2)ccc1OCc1ccccc1. The molecule has 2 aromatic rings. The Morgan fingerprint density at radius 2 is 1.85 bits per heavy atom. The lowest BCUT2D eigenvalue weighted by Gasteiger charge is -2.28. The summed E-state index contributed by atoms with van der Waals surface area (Å²) in [6, 6.07) is 14.7. The Kier molecular flexibility index (Phi) is 7.81. The minimum atomic E-state index is -0.950. The van der Waals surface area contributed by atoms with Gasteiger partial charge in [-0.15, -0.1) is 11.8 Å². The van der Waals surface area contributed by atoms with Gasteiger partial charge >= 0.3 is 5.97 Å². The molecule has 0 spiro atoms. The van der Waals surface area contributed by atoms with E-state index in [9.17, 15) is 14.7 Å². The molecular formula is C26H31NO5S. The summed E-state index contributed by atoms with van der Waals surface area (Å²) in [5, 5.41) is 9.40. The second kappa shape index (κ2) is 11.0. The molecule has 7 heteroatoms. The van der Waals surface area contributed by atoms with Crippen molar-refractivity contribution >= 4 is 23.6 Å². The van der Waals surface area contributed by atoms with Crippen LogP contribution in [0, 0.1) is 5.92 Å². The summed E-state index contributed by atoms with van der Waals surface area (Å²) in [4.78, 5) is 26.6. The van der Waals surface area contributed by atoms with Crippen LogP contribution in [0.1, 0.15) is 55.0 Å². The zero-order chi connectivity index (χ0) is 23.2. The maximum absolute atomic E-state index is 13.2. The first-order valence-electron chi connectivity index (χ1n) is 11.6. The Morgan fingerprint density at radius 1 is 1.09 bits per heavy atom. The van der Waals surface area contributed by atoms with E-state index in [-0.39, 0.29) is 11.3 Å². The third kappa shape index (κ3) is 5.64. The van der Waals surface area contributed by atoms with Crippen molar-refractivity contribution in [3.8, 4) is 11.5 Å². The molecule has 2 unspecified atom stereocenters. The second-order valence-electron chi connectivity index (χ2n) is 8.71. The van der Waals surface area contributed by atoms with E-state index in [0.29, 0.717) is 36.2 Å². The number of carbonyl (C=O) groups is 2. The molecule has 33 heavy (non-hydrogen) atoms. The van der Waals surface area contributed by atoms with Gasteiger partial charge in [-0.05, 0) is 35.6 Å². The Bertz CT molecular complexity index is 960. The molecule has 2 atom stereocenters. The van der Waals surface area contributed by atoms with Crippen LogP contribution in [-0.4, -0.2) is 40.8 Å². The van der Waals surface area contributed by atoms with Gasteiger partial charge in [0.15, 0.2) is 11.5 Å². The van der Waals surface area contributed by atoms with Gasteiger partial charge in [0.05, 0.1) is 7.11 Å². The fraction of sp³-hybridized carbons (Fsp3) is 0.462. The minimum Gasteiger partial charge on any atom is -0.493 e. The highest BCUT2D eigenvalue weighted by atomic mass is 32.2. The zero-order valence-corrected chi connectivity index (χ0v) is 19.8. The number of carbonyl (C=O) groups excluding carboxylic acids is 1. The number of rotatable bonds is 9. The molecule has 1 saturated heterocycles. The molecule has 0 aromatic heterocycles. The number of amides is 1. The van der Waals surface area contributed by atoms with Crippen molar-refractivity contribution in [1.29, 1.82) is 0 Å². The maximum atomic E-state index is 13.2. The third-order valence-electron chi connectivity index (χ3n) is 6.52. The van der Waals surface area contributed by atoms with E-state index in [1.807, 2.05) is 48.5 Å². The van der Waals surface area contributed by atoms with Gasteiger partial charge in [0.2, 0.25) is 5.91 Å². The van der Waals surface area contributed by atoms with Crippen LogP contribution >= 0.6 is 11.8 Å². The molecule has 1 aliphatic carbocycles. The molecule has 1 aliphatic heterocycles. The summed E-state index contributed by atoms with van der Waals surface area (Å²) in [5.74, 6) is 1.13.